The van der Waals surface area contributed by atoms with E-state index < -0.39 is 17.9 Å². The summed E-state index contributed by atoms with van der Waals surface area (Å²) < 4.78 is 3.01. The standard InChI is InChI=1S/C17H31N3O4S/c1-25-19-11-10-15(18)20-24-17(23)14(12-16(21)22)9-5-8-13-6-3-2-4-7-13/h13-14,19H,2-12H2,1H3,(H2,18,20)(H,21,22)/t14-/m1/s1. The van der Waals surface area contributed by atoms with Gasteiger partial charge in [-0.15, -0.1) is 0 Å². The molecule has 0 amide bonds. The third-order valence-electron chi connectivity index (χ3n) is 4.52. The van der Waals surface area contributed by atoms with Gasteiger partial charge < -0.3 is 15.7 Å². The van der Waals surface area contributed by atoms with Crippen LogP contribution in [0.5, 0.6) is 0 Å². The Balaban J connectivity index is 2.39. The van der Waals surface area contributed by atoms with Crippen molar-refractivity contribution in [1.29, 1.82) is 0 Å². The molecule has 0 aromatic carbocycles. The number of amidine groups is 1. The highest BCUT2D eigenvalue weighted by atomic mass is 32.2. The summed E-state index contributed by atoms with van der Waals surface area (Å²) in [5.41, 5.74) is 5.67. The van der Waals surface area contributed by atoms with Crippen LogP contribution in [-0.4, -0.2) is 35.7 Å². The summed E-state index contributed by atoms with van der Waals surface area (Å²) in [6, 6.07) is 0. The third kappa shape index (κ3) is 10.3. The molecule has 7 nitrogen and oxygen atoms in total. The average molecular weight is 374 g/mol. The van der Waals surface area contributed by atoms with Crippen LogP contribution in [0.25, 0.3) is 0 Å². The van der Waals surface area contributed by atoms with E-state index >= 15 is 0 Å². The Labute approximate surface area is 154 Å². The first-order valence-corrected chi connectivity index (χ1v) is 10.3. The Morgan fingerprint density at radius 1 is 1.36 bits per heavy atom. The van der Waals surface area contributed by atoms with Gasteiger partial charge in [-0.25, -0.2) is 4.79 Å². The highest BCUT2D eigenvalue weighted by Gasteiger charge is 2.24. The summed E-state index contributed by atoms with van der Waals surface area (Å²) >= 11 is 1.47. The van der Waals surface area contributed by atoms with Crippen molar-refractivity contribution in [3.63, 3.8) is 0 Å². The lowest BCUT2D eigenvalue weighted by Crippen LogP contribution is -2.23. The first kappa shape index (κ1) is 21.8. The van der Waals surface area contributed by atoms with Crippen molar-refractivity contribution in [3.05, 3.63) is 0 Å². The molecule has 1 saturated carbocycles. The number of carbonyl (C=O) groups is 2. The molecule has 0 aromatic rings. The molecular weight excluding hydrogens is 342 g/mol. The topological polar surface area (TPSA) is 114 Å². The number of nitrogens with zero attached hydrogens (tertiary/aromatic N) is 1. The normalized spacial score (nSPS) is 17.2. The summed E-state index contributed by atoms with van der Waals surface area (Å²) in [7, 11) is 0. The zero-order chi connectivity index (χ0) is 18.5. The molecule has 144 valence electrons. The van der Waals surface area contributed by atoms with Gasteiger partial charge in [0.15, 0.2) is 0 Å². The Morgan fingerprint density at radius 2 is 2.08 bits per heavy atom. The maximum absolute atomic E-state index is 12.1. The van der Waals surface area contributed by atoms with Crippen molar-refractivity contribution in [2.75, 3.05) is 12.8 Å². The number of nitrogens with one attached hydrogen (secondary N) is 1. The van der Waals surface area contributed by atoms with E-state index in [9.17, 15) is 9.59 Å². The minimum absolute atomic E-state index is 0.214. The summed E-state index contributed by atoms with van der Waals surface area (Å²) in [6.07, 6.45) is 10.9. The Bertz CT molecular complexity index is 440. The summed E-state index contributed by atoms with van der Waals surface area (Å²) in [6.45, 7) is 0.619. The van der Waals surface area contributed by atoms with Crippen LogP contribution in [0, 0.1) is 11.8 Å². The van der Waals surface area contributed by atoms with Crippen molar-refractivity contribution < 1.29 is 19.5 Å². The highest BCUT2D eigenvalue weighted by molar-refractivity contribution is 7.96. The van der Waals surface area contributed by atoms with Crippen molar-refractivity contribution in [2.45, 2.75) is 64.2 Å². The van der Waals surface area contributed by atoms with Crippen LogP contribution in [0.1, 0.15) is 64.2 Å². The van der Waals surface area contributed by atoms with Gasteiger partial charge in [0.2, 0.25) is 0 Å². The van der Waals surface area contributed by atoms with Crippen LogP contribution in [0.3, 0.4) is 0 Å². The quantitative estimate of drug-likeness (QED) is 0.120. The molecule has 4 N–H and O–H groups in total. The second kappa shape index (κ2) is 13.0. The molecule has 1 fully saturated rings. The predicted molar refractivity (Wildman–Crippen MR) is 100 cm³/mol. The minimum Gasteiger partial charge on any atom is -0.481 e. The van der Waals surface area contributed by atoms with E-state index in [-0.39, 0.29) is 12.3 Å². The molecular formula is C17H31N3O4S. The van der Waals surface area contributed by atoms with Crippen molar-refractivity contribution in [3.8, 4) is 0 Å². The van der Waals surface area contributed by atoms with Crippen molar-refractivity contribution in [1.82, 2.24) is 4.72 Å². The van der Waals surface area contributed by atoms with Crippen LogP contribution in [0.4, 0.5) is 0 Å². The zero-order valence-corrected chi connectivity index (χ0v) is 15.9. The molecule has 0 saturated heterocycles. The molecule has 1 aliphatic carbocycles. The lowest BCUT2D eigenvalue weighted by molar-refractivity contribution is -0.153. The van der Waals surface area contributed by atoms with Crippen LogP contribution in [-0.2, 0) is 14.4 Å². The van der Waals surface area contributed by atoms with Gasteiger partial charge in [0, 0.05) is 13.0 Å². The summed E-state index contributed by atoms with van der Waals surface area (Å²) in [5.74, 6) is -1.34. The lowest BCUT2D eigenvalue weighted by atomic mass is 9.84. The average Bonchev–Trinajstić information content (AvgIpc) is 2.59. The van der Waals surface area contributed by atoms with Gasteiger partial charge in [-0.05, 0) is 18.6 Å². The number of carboxylic acids is 1. The summed E-state index contributed by atoms with van der Waals surface area (Å²) in [4.78, 5) is 28.0. The van der Waals surface area contributed by atoms with E-state index in [1.165, 1.54) is 44.1 Å². The highest BCUT2D eigenvalue weighted by Crippen LogP contribution is 2.29. The molecule has 0 heterocycles. The lowest BCUT2D eigenvalue weighted by Gasteiger charge is -2.22. The van der Waals surface area contributed by atoms with Crippen LogP contribution in [0.2, 0.25) is 0 Å². The number of carbonyl (C=O) groups excluding carboxylic acids is 1. The van der Waals surface area contributed by atoms with E-state index in [2.05, 4.69) is 9.88 Å². The number of oxime groups is 1. The Kier molecular flexibility index (Phi) is 11.3. The first-order chi connectivity index (χ1) is 12.0. The van der Waals surface area contributed by atoms with E-state index in [1.807, 2.05) is 6.26 Å². The fraction of sp³-hybridized carbons (Fsp3) is 0.824. The molecule has 1 aliphatic rings. The van der Waals surface area contributed by atoms with Gasteiger partial charge >= 0.3 is 11.9 Å². The number of nitrogens with two attached hydrogens (primary N) is 1. The van der Waals surface area contributed by atoms with Crippen LogP contribution < -0.4 is 10.5 Å². The molecule has 8 heteroatoms. The second-order valence-corrected chi connectivity index (χ2v) is 7.27. The molecule has 0 aromatic heterocycles. The van der Waals surface area contributed by atoms with E-state index in [0.717, 1.165) is 12.8 Å². The number of hydrogen-bond acceptors (Lipinski definition) is 6. The largest absolute Gasteiger partial charge is 0.481 e. The Morgan fingerprint density at radius 3 is 2.72 bits per heavy atom. The van der Waals surface area contributed by atoms with Gasteiger partial charge in [-0.2, -0.15) is 0 Å². The third-order valence-corrected chi connectivity index (χ3v) is 5.02. The fourth-order valence-corrected chi connectivity index (χ4v) is 3.45. The smallest absolute Gasteiger partial charge is 0.338 e. The van der Waals surface area contributed by atoms with E-state index in [4.69, 9.17) is 15.7 Å². The predicted octanol–water partition coefficient (Wildman–Crippen LogP) is 2.90. The van der Waals surface area contributed by atoms with Gasteiger partial charge in [0.05, 0.1) is 12.3 Å². The van der Waals surface area contributed by atoms with Crippen molar-refractivity contribution >= 4 is 29.7 Å². The van der Waals surface area contributed by atoms with Gasteiger partial charge in [-0.1, -0.05) is 62.0 Å². The monoisotopic (exact) mass is 373 g/mol. The number of hydrogen-bond donors (Lipinski definition) is 3. The van der Waals surface area contributed by atoms with Gasteiger partial charge in [0.25, 0.3) is 0 Å². The molecule has 25 heavy (non-hydrogen) atoms. The van der Waals surface area contributed by atoms with E-state index in [1.54, 1.807) is 0 Å². The second-order valence-electron chi connectivity index (χ2n) is 6.57. The van der Waals surface area contributed by atoms with Gasteiger partial charge in [0.1, 0.15) is 5.84 Å². The molecule has 0 unspecified atom stereocenters. The SMILES string of the molecule is CSNCCC(N)=NOC(=O)[C@H](CCCC1CCCCC1)CC(=O)O. The van der Waals surface area contributed by atoms with Crippen LogP contribution >= 0.6 is 11.9 Å². The number of aliphatic carboxylic acids is 1. The van der Waals surface area contributed by atoms with E-state index in [0.29, 0.717) is 25.3 Å². The molecule has 0 aliphatic heterocycles. The molecule has 1 rings (SSSR count). The first-order valence-electron chi connectivity index (χ1n) is 9.03. The molecule has 0 radical (unpaired) electrons. The molecule has 1 atom stereocenters. The fourth-order valence-electron chi connectivity index (χ4n) is 3.15. The maximum Gasteiger partial charge on any atom is 0.338 e. The maximum atomic E-state index is 12.1. The van der Waals surface area contributed by atoms with Crippen LogP contribution in [0.15, 0.2) is 5.16 Å². The van der Waals surface area contributed by atoms with Gasteiger partial charge in [-0.3, -0.25) is 9.52 Å². The molecule has 0 bridgehead atoms. The summed E-state index contributed by atoms with van der Waals surface area (Å²) in [5, 5.41) is 12.6. The number of carboxylic acid groups (broad SMARTS) is 1. The molecule has 0 spiro atoms. The minimum atomic E-state index is -0.999. The van der Waals surface area contributed by atoms with Crippen molar-refractivity contribution in [2.24, 2.45) is 22.7 Å². The zero-order valence-electron chi connectivity index (χ0n) is 15.0. The number of rotatable bonds is 12. The Hall–Kier alpha value is -1.28.